The summed E-state index contributed by atoms with van der Waals surface area (Å²) in [5.41, 5.74) is 8.41. The summed E-state index contributed by atoms with van der Waals surface area (Å²) in [6.07, 6.45) is 2.68. The van der Waals surface area contributed by atoms with Gasteiger partial charge < -0.3 is 20.3 Å². The molecular weight excluding hydrogens is 250 g/mol. The topological polar surface area (TPSA) is 41.7 Å². The van der Waals surface area contributed by atoms with Crippen molar-refractivity contribution in [1.29, 1.82) is 0 Å². The van der Waals surface area contributed by atoms with Crippen molar-refractivity contribution in [3.05, 3.63) is 23.8 Å². The molecule has 2 N–H and O–H groups in total. The molecule has 2 rings (SSSR count). The van der Waals surface area contributed by atoms with Gasteiger partial charge in [0.05, 0.1) is 7.11 Å². The minimum atomic E-state index is -0.0320. The predicted octanol–water partition coefficient (Wildman–Crippen LogP) is 2.25. The van der Waals surface area contributed by atoms with E-state index < -0.39 is 0 Å². The van der Waals surface area contributed by atoms with Crippen LogP contribution in [0.4, 0.5) is 5.69 Å². The number of likely N-dealkylation sites (tertiary alicyclic amines) is 1. The fourth-order valence-electron chi connectivity index (χ4n) is 2.92. The van der Waals surface area contributed by atoms with Gasteiger partial charge in [-0.1, -0.05) is 6.07 Å². The summed E-state index contributed by atoms with van der Waals surface area (Å²) in [6, 6.07) is 6.11. The number of hydrogen-bond donors (Lipinski definition) is 1. The molecule has 0 radical (unpaired) electrons. The Hall–Kier alpha value is -1.26. The van der Waals surface area contributed by atoms with E-state index in [-0.39, 0.29) is 6.04 Å². The zero-order valence-electron chi connectivity index (χ0n) is 12.9. The Morgan fingerprint density at radius 3 is 2.65 bits per heavy atom. The molecule has 0 unspecified atom stereocenters. The highest BCUT2D eigenvalue weighted by Crippen LogP contribution is 2.33. The molecule has 4 heteroatoms. The van der Waals surface area contributed by atoms with Crippen molar-refractivity contribution in [3.63, 3.8) is 0 Å². The van der Waals surface area contributed by atoms with Gasteiger partial charge in [0.15, 0.2) is 0 Å². The zero-order chi connectivity index (χ0) is 14.5. The van der Waals surface area contributed by atoms with Crippen LogP contribution in [0.1, 0.15) is 31.4 Å². The molecule has 112 valence electrons. The monoisotopic (exact) mass is 277 g/mol. The number of benzene rings is 1. The lowest BCUT2D eigenvalue weighted by Gasteiger charge is -2.27. The highest BCUT2D eigenvalue weighted by molar-refractivity contribution is 5.60. The largest absolute Gasteiger partial charge is 0.496 e. The average Bonchev–Trinajstić information content (AvgIpc) is 2.96. The highest BCUT2D eigenvalue weighted by atomic mass is 16.5. The number of hydrogen-bond acceptors (Lipinski definition) is 4. The van der Waals surface area contributed by atoms with E-state index in [9.17, 15) is 0 Å². The first-order chi connectivity index (χ1) is 9.63. The van der Waals surface area contributed by atoms with Gasteiger partial charge in [-0.3, -0.25) is 0 Å². The Bertz CT molecular complexity index is 428. The SMILES string of the molecule is COc1cccc(N(C)CCN2CCCC2)c1[C@H](C)N. The third-order valence-corrected chi connectivity index (χ3v) is 4.08. The van der Waals surface area contributed by atoms with Crippen LogP contribution in [-0.2, 0) is 0 Å². The van der Waals surface area contributed by atoms with Crippen molar-refractivity contribution < 1.29 is 4.74 Å². The van der Waals surface area contributed by atoms with Gasteiger partial charge in [0, 0.05) is 37.4 Å². The fourth-order valence-corrected chi connectivity index (χ4v) is 2.92. The van der Waals surface area contributed by atoms with Crippen LogP contribution in [0.2, 0.25) is 0 Å². The smallest absolute Gasteiger partial charge is 0.125 e. The maximum atomic E-state index is 6.13. The van der Waals surface area contributed by atoms with E-state index in [1.807, 2.05) is 19.1 Å². The summed E-state index contributed by atoms with van der Waals surface area (Å²) >= 11 is 0. The Labute approximate surface area is 122 Å². The molecule has 4 nitrogen and oxygen atoms in total. The average molecular weight is 277 g/mol. The summed E-state index contributed by atoms with van der Waals surface area (Å²) in [4.78, 5) is 4.82. The summed E-state index contributed by atoms with van der Waals surface area (Å²) < 4.78 is 5.46. The summed E-state index contributed by atoms with van der Waals surface area (Å²) in [7, 11) is 3.84. The van der Waals surface area contributed by atoms with Crippen molar-refractivity contribution in [1.82, 2.24) is 4.90 Å². The second kappa shape index (κ2) is 6.95. The lowest BCUT2D eigenvalue weighted by molar-refractivity contribution is 0.346. The normalized spacial score (nSPS) is 17.2. The number of nitrogens with zero attached hydrogens (tertiary/aromatic N) is 2. The van der Waals surface area contributed by atoms with E-state index in [1.54, 1.807) is 7.11 Å². The number of rotatable bonds is 6. The molecule has 20 heavy (non-hydrogen) atoms. The van der Waals surface area contributed by atoms with Crippen LogP contribution in [0.3, 0.4) is 0 Å². The molecule has 1 aliphatic rings. The quantitative estimate of drug-likeness (QED) is 0.866. The number of nitrogens with two attached hydrogens (primary N) is 1. The Morgan fingerprint density at radius 1 is 1.35 bits per heavy atom. The van der Waals surface area contributed by atoms with E-state index in [2.05, 4.69) is 22.9 Å². The van der Waals surface area contributed by atoms with Crippen molar-refractivity contribution in [2.75, 3.05) is 45.2 Å². The summed E-state index contributed by atoms with van der Waals surface area (Å²) in [5, 5.41) is 0. The van der Waals surface area contributed by atoms with Crippen LogP contribution in [0.5, 0.6) is 5.75 Å². The van der Waals surface area contributed by atoms with Crippen molar-refractivity contribution in [2.24, 2.45) is 5.73 Å². The van der Waals surface area contributed by atoms with Gasteiger partial charge >= 0.3 is 0 Å². The number of anilines is 1. The van der Waals surface area contributed by atoms with E-state index >= 15 is 0 Å². The van der Waals surface area contributed by atoms with Gasteiger partial charge in [0.25, 0.3) is 0 Å². The first kappa shape index (κ1) is 15.1. The minimum Gasteiger partial charge on any atom is -0.496 e. The van der Waals surface area contributed by atoms with E-state index in [1.165, 1.54) is 31.6 Å². The van der Waals surface area contributed by atoms with Gasteiger partial charge in [-0.2, -0.15) is 0 Å². The molecule has 0 bridgehead atoms. The van der Waals surface area contributed by atoms with Gasteiger partial charge in [0.2, 0.25) is 0 Å². The fraction of sp³-hybridized carbons (Fsp3) is 0.625. The minimum absolute atomic E-state index is 0.0320. The van der Waals surface area contributed by atoms with Crippen LogP contribution >= 0.6 is 0 Å². The maximum absolute atomic E-state index is 6.13. The molecule has 0 saturated carbocycles. The third kappa shape index (κ3) is 3.44. The summed E-state index contributed by atoms with van der Waals surface area (Å²) in [6.45, 7) is 6.63. The van der Waals surface area contributed by atoms with E-state index in [4.69, 9.17) is 10.5 Å². The molecule has 0 spiro atoms. The highest BCUT2D eigenvalue weighted by Gasteiger charge is 2.17. The Morgan fingerprint density at radius 2 is 2.05 bits per heavy atom. The molecule has 1 aliphatic heterocycles. The molecule has 1 aromatic rings. The van der Waals surface area contributed by atoms with Crippen molar-refractivity contribution >= 4 is 5.69 Å². The standard InChI is InChI=1S/C16H27N3O/c1-13(17)16-14(7-6-8-15(16)20-3)18(2)11-12-19-9-4-5-10-19/h6-8,13H,4-5,9-12,17H2,1-3H3/t13-/m0/s1. The van der Waals surface area contributed by atoms with Crippen LogP contribution in [0.15, 0.2) is 18.2 Å². The molecule has 0 aliphatic carbocycles. The van der Waals surface area contributed by atoms with Crippen LogP contribution in [-0.4, -0.2) is 45.2 Å². The maximum Gasteiger partial charge on any atom is 0.125 e. The first-order valence-corrected chi connectivity index (χ1v) is 7.49. The third-order valence-electron chi connectivity index (χ3n) is 4.08. The summed E-state index contributed by atoms with van der Waals surface area (Å²) in [5.74, 6) is 0.880. The van der Waals surface area contributed by atoms with Gasteiger partial charge in [-0.15, -0.1) is 0 Å². The Balaban J connectivity index is 2.09. The van der Waals surface area contributed by atoms with Crippen molar-refractivity contribution in [3.8, 4) is 5.75 Å². The lowest BCUT2D eigenvalue weighted by atomic mass is 10.0. The number of likely N-dealkylation sites (N-methyl/N-ethyl adjacent to an activating group) is 1. The van der Waals surface area contributed by atoms with E-state index in [0.29, 0.717) is 0 Å². The molecule has 0 amide bonds. The number of methoxy groups -OCH3 is 1. The number of ether oxygens (including phenoxy) is 1. The molecule has 1 saturated heterocycles. The molecule has 1 atom stereocenters. The molecule has 0 aromatic heterocycles. The molecule has 1 heterocycles. The second-order valence-electron chi connectivity index (χ2n) is 5.65. The van der Waals surface area contributed by atoms with Crippen LogP contribution in [0, 0.1) is 0 Å². The Kier molecular flexibility index (Phi) is 5.26. The van der Waals surface area contributed by atoms with Crippen LogP contribution in [0.25, 0.3) is 0 Å². The van der Waals surface area contributed by atoms with Gasteiger partial charge in [0.1, 0.15) is 5.75 Å². The zero-order valence-corrected chi connectivity index (χ0v) is 12.9. The second-order valence-corrected chi connectivity index (χ2v) is 5.65. The molecule has 1 fully saturated rings. The van der Waals surface area contributed by atoms with Crippen molar-refractivity contribution in [2.45, 2.75) is 25.8 Å². The van der Waals surface area contributed by atoms with Gasteiger partial charge in [-0.25, -0.2) is 0 Å². The molecule has 1 aromatic carbocycles. The van der Waals surface area contributed by atoms with E-state index in [0.717, 1.165) is 24.4 Å². The first-order valence-electron chi connectivity index (χ1n) is 7.49. The predicted molar refractivity (Wildman–Crippen MR) is 84.5 cm³/mol. The molecular formula is C16H27N3O. The van der Waals surface area contributed by atoms with Crippen LogP contribution < -0.4 is 15.4 Å². The lowest BCUT2D eigenvalue weighted by Crippen LogP contribution is -2.32. The van der Waals surface area contributed by atoms with Gasteiger partial charge in [-0.05, 0) is 45.0 Å².